The van der Waals surface area contributed by atoms with Gasteiger partial charge in [-0.2, -0.15) is 0 Å². The van der Waals surface area contributed by atoms with E-state index in [9.17, 15) is 9.59 Å². The van der Waals surface area contributed by atoms with Crippen molar-refractivity contribution in [2.75, 3.05) is 12.4 Å². The summed E-state index contributed by atoms with van der Waals surface area (Å²) in [5.74, 6) is 0.296. The van der Waals surface area contributed by atoms with Crippen LogP contribution in [-0.2, 0) is 17.6 Å². The van der Waals surface area contributed by atoms with E-state index < -0.39 is 5.97 Å². The van der Waals surface area contributed by atoms with E-state index in [2.05, 4.69) is 54.2 Å². The molecule has 0 fully saturated rings. The maximum absolute atomic E-state index is 13.8. The third-order valence-electron chi connectivity index (χ3n) is 7.02. The van der Waals surface area contributed by atoms with Crippen LogP contribution in [0.4, 0.5) is 5.00 Å². The van der Waals surface area contributed by atoms with Gasteiger partial charge < -0.3 is 10.1 Å². The molecule has 2 heterocycles. The Balaban J connectivity index is 1.58. The Morgan fingerprint density at radius 3 is 2.59 bits per heavy atom. The molecule has 4 aromatic rings. The molecule has 2 aromatic heterocycles. The summed E-state index contributed by atoms with van der Waals surface area (Å²) in [5.41, 5.74) is 5.65. The van der Waals surface area contributed by atoms with Gasteiger partial charge in [-0.3, -0.25) is 4.79 Å². The molecule has 5 rings (SSSR count). The Hall–Kier alpha value is -3.03. The Labute approximate surface area is 229 Å². The second kappa shape index (κ2) is 10.4. The maximum Gasteiger partial charge on any atom is 0.341 e. The first-order chi connectivity index (χ1) is 17.7. The minimum absolute atomic E-state index is 0.276. The number of amides is 1. The van der Waals surface area contributed by atoms with Gasteiger partial charge in [0.15, 0.2) is 0 Å². The third-order valence-corrected chi connectivity index (χ3v) is 8.68. The zero-order valence-electron chi connectivity index (χ0n) is 21.4. The standard InChI is InChI=1S/C30H29BrN2O3S/c1-16(2)18-6-8-19(9-7-18)25-15-23(22-14-20(31)10-12-24(22)32-25)28(34)33-29-27(30(35)36-4)21-11-5-17(3)13-26(21)37-29/h6-10,12,14-17H,5,11,13H2,1-4H3,(H,33,34). The zero-order valence-corrected chi connectivity index (χ0v) is 23.8. The summed E-state index contributed by atoms with van der Waals surface area (Å²) in [7, 11) is 1.38. The van der Waals surface area contributed by atoms with Crippen LogP contribution in [0.15, 0.2) is 53.0 Å². The van der Waals surface area contributed by atoms with Crippen molar-refractivity contribution < 1.29 is 14.3 Å². The van der Waals surface area contributed by atoms with Crippen molar-refractivity contribution in [2.45, 2.75) is 46.0 Å². The van der Waals surface area contributed by atoms with E-state index in [0.717, 1.165) is 56.3 Å². The minimum Gasteiger partial charge on any atom is -0.465 e. The molecule has 1 aliphatic carbocycles. The highest BCUT2D eigenvalue weighted by molar-refractivity contribution is 9.10. The normalized spacial score (nSPS) is 15.0. The van der Waals surface area contributed by atoms with Crippen molar-refractivity contribution >= 4 is 55.0 Å². The van der Waals surface area contributed by atoms with Gasteiger partial charge >= 0.3 is 5.97 Å². The van der Waals surface area contributed by atoms with Gasteiger partial charge in [-0.25, -0.2) is 9.78 Å². The number of rotatable bonds is 5. The molecule has 2 aromatic carbocycles. The highest BCUT2D eigenvalue weighted by Gasteiger charge is 2.29. The fraction of sp³-hybridized carbons (Fsp3) is 0.300. The van der Waals surface area contributed by atoms with E-state index in [1.165, 1.54) is 24.0 Å². The van der Waals surface area contributed by atoms with Gasteiger partial charge in [0.05, 0.1) is 29.4 Å². The number of ether oxygens (including phenoxy) is 1. The topological polar surface area (TPSA) is 68.3 Å². The lowest BCUT2D eigenvalue weighted by Gasteiger charge is -2.18. The van der Waals surface area contributed by atoms with Crippen LogP contribution in [0.2, 0.25) is 0 Å². The molecule has 0 spiro atoms. The predicted octanol–water partition coefficient (Wildman–Crippen LogP) is 8.01. The van der Waals surface area contributed by atoms with Crippen LogP contribution >= 0.6 is 27.3 Å². The molecular weight excluding hydrogens is 548 g/mol. The average molecular weight is 578 g/mol. The van der Waals surface area contributed by atoms with Crippen molar-refractivity contribution in [3.8, 4) is 11.3 Å². The Morgan fingerprint density at radius 2 is 1.89 bits per heavy atom. The van der Waals surface area contributed by atoms with Gasteiger partial charge in [-0.05, 0) is 66.5 Å². The largest absolute Gasteiger partial charge is 0.465 e. The number of benzene rings is 2. The molecule has 37 heavy (non-hydrogen) atoms. The van der Waals surface area contributed by atoms with Gasteiger partial charge in [0.1, 0.15) is 5.00 Å². The fourth-order valence-electron chi connectivity index (χ4n) is 4.90. The molecule has 190 valence electrons. The van der Waals surface area contributed by atoms with E-state index >= 15 is 0 Å². The lowest BCUT2D eigenvalue weighted by molar-refractivity contribution is 0.0601. The van der Waals surface area contributed by atoms with Crippen LogP contribution in [0, 0.1) is 5.92 Å². The summed E-state index contributed by atoms with van der Waals surface area (Å²) in [6.07, 6.45) is 2.74. The molecule has 0 radical (unpaired) electrons. The van der Waals surface area contributed by atoms with E-state index in [-0.39, 0.29) is 5.91 Å². The van der Waals surface area contributed by atoms with Crippen LogP contribution in [0.1, 0.15) is 69.8 Å². The van der Waals surface area contributed by atoms with E-state index in [0.29, 0.717) is 28.0 Å². The van der Waals surface area contributed by atoms with Crippen LogP contribution < -0.4 is 5.32 Å². The van der Waals surface area contributed by atoms with Crippen molar-refractivity contribution in [2.24, 2.45) is 5.92 Å². The molecule has 5 nitrogen and oxygen atoms in total. The second-order valence-corrected chi connectivity index (χ2v) is 12.0. The monoisotopic (exact) mass is 576 g/mol. The quantitative estimate of drug-likeness (QED) is 0.244. The van der Waals surface area contributed by atoms with E-state index in [4.69, 9.17) is 9.72 Å². The number of methoxy groups -OCH3 is 1. The van der Waals surface area contributed by atoms with Crippen LogP contribution in [0.3, 0.4) is 0 Å². The summed E-state index contributed by atoms with van der Waals surface area (Å²) in [4.78, 5) is 32.6. The number of esters is 1. The van der Waals surface area contributed by atoms with Crippen molar-refractivity contribution in [1.29, 1.82) is 0 Å². The summed E-state index contributed by atoms with van der Waals surface area (Å²) in [6, 6.07) is 15.9. The fourth-order valence-corrected chi connectivity index (χ4v) is 6.65. The first kappa shape index (κ1) is 25.6. The molecule has 0 saturated carbocycles. The highest BCUT2D eigenvalue weighted by atomic mass is 79.9. The molecule has 1 unspecified atom stereocenters. The number of thiophene rings is 1. The van der Waals surface area contributed by atoms with Crippen molar-refractivity contribution in [1.82, 2.24) is 4.98 Å². The number of carbonyl (C=O) groups is 2. The molecule has 1 aliphatic rings. The van der Waals surface area contributed by atoms with Gasteiger partial charge in [0.2, 0.25) is 0 Å². The summed E-state index contributed by atoms with van der Waals surface area (Å²) >= 11 is 5.02. The predicted molar refractivity (Wildman–Crippen MR) is 154 cm³/mol. The minimum atomic E-state index is -0.407. The number of aromatic nitrogens is 1. The first-order valence-corrected chi connectivity index (χ1v) is 14.1. The number of halogens is 1. The van der Waals surface area contributed by atoms with Gasteiger partial charge in [-0.15, -0.1) is 11.3 Å². The Bertz CT molecular complexity index is 1510. The lowest BCUT2D eigenvalue weighted by atomic mass is 9.88. The second-order valence-electron chi connectivity index (χ2n) is 9.99. The average Bonchev–Trinajstić information content (AvgIpc) is 3.24. The number of anilines is 1. The molecule has 0 bridgehead atoms. The number of carbonyl (C=O) groups excluding carboxylic acids is 2. The van der Waals surface area contributed by atoms with Gasteiger partial charge in [0, 0.05) is 20.3 Å². The van der Waals surface area contributed by atoms with Crippen LogP contribution in [-0.4, -0.2) is 24.0 Å². The first-order valence-electron chi connectivity index (χ1n) is 12.5. The number of pyridine rings is 1. The number of fused-ring (bicyclic) bond motifs is 2. The summed E-state index contributed by atoms with van der Waals surface area (Å²) in [5, 5.41) is 4.36. The SMILES string of the molecule is COC(=O)c1c(NC(=O)c2cc(-c3ccc(C(C)C)cc3)nc3ccc(Br)cc23)sc2c1CCC(C)C2. The Kier molecular flexibility index (Phi) is 7.19. The third kappa shape index (κ3) is 5.07. The van der Waals surface area contributed by atoms with E-state index in [1.807, 2.05) is 36.4 Å². The van der Waals surface area contributed by atoms with Crippen LogP contribution in [0.25, 0.3) is 22.2 Å². The molecular formula is C30H29BrN2O3S. The molecule has 7 heteroatoms. The lowest BCUT2D eigenvalue weighted by Crippen LogP contribution is -2.16. The van der Waals surface area contributed by atoms with E-state index in [1.54, 1.807) is 0 Å². The zero-order chi connectivity index (χ0) is 26.3. The summed E-state index contributed by atoms with van der Waals surface area (Å²) < 4.78 is 5.97. The molecule has 1 atom stereocenters. The highest BCUT2D eigenvalue weighted by Crippen LogP contribution is 2.40. The molecule has 1 N–H and O–H groups in total. The summed E-state index contributed by atoms with van der Waals surface area (Å²) in [6.45, 7) is 6.54. The number of nitrogens with zero attached hydrogens (tertiary/aromatic N) is 1. The number of nitrogens with one attached hydrogen (secondary N) is 1. The van der Waals surface area contributed by atoms with Gasteiger partial charge in [-0.1, -0.05) is 61.0 Å². The van der Waals surface area contributed by atoms with Crippen LogP contribution in [0.5, 0.6) is 0 Å². The number of hydrogen-bond donors (Lipinski definition) is 1. The smallest absolute Gasteiger partial charge is 0.341 e. The molecule has 0 aliphatic heterocycles. The number of hydrogen-bond acceptors (Lipinski definition) is 5. The molecule has 0 saturated heterocycles. The van der Waals surface area contributed by atoms with Gasteiger partial charge in [0.25, 0.3) is 5.91 Å². The Morgan fingerprint density at radius 1 is 1.14 bits per heavy atom. The maximum atomic E-state index is 13.8. The van der Waals surface area contributed by atoms with Crippen molar-refractivity contribution in [3.05, 3.63) is 80.1 Å². The van der Waals surface area contributed by atoms with Crippen molar-refractivity contribution in [3.63, 3.8) is 0 Å². The molecule has 1 amide bonds.